The first-order valence-corrected chi connectivity index (χ1v) is 15.4. The number of piperidine rings is 1. The molecule has 1 saturated heterocycles. The lowest BCUT2D eigenvalue weighted by molar-refractivity contribution is -0.158. The Labute approximate surface area is 272 Å². The fraction of sp³-hybridized carbons (Fsp3) is 0.618. The van der Waals surface area contributed by atoms with E-state index in [1.807, 2.05) is 26.8 Å². The number of carbonyl (C=O) groups is 5. The van der Waals surface area contributed by atoms with E-state index in [0.717, 1.165) is 0 Å². The number of likely N-dealkylation sites (tertiary alicyclic amines) is 1. The Kier molecular flexibility index (Phi) is 13.2. The highest BCUT2D eigenvalue weighted by Gasteiger charge is 2.26. The molecule has 12 heteroatoms. The van der Waals surface area contributed by atoms with E-state index >= 15 is 0 Å². The molecule has 0 spiro atoms. The summed E-state index contributed by atoms with van der Waals surface area (Å²) in [6.07, 6.45) is 4.31. The molecule has 46 heavy (non-hydrogen) atoms. The summed E-state index contributed by atoms with van der Waals surface area (Å²) >= 11 is 0. The molecule has 2 rings (SSSR count). The highest BCUT2D eigenvalue weighted by molar-refractivity contribution is 6.01. The van der Waals surface area contributed by atoms with Crippen molar-refractivity contribution in [3.63, 3.8) is 0 Å². The predicted octanol–water partition coefficient (Wildman–Crippen LogP) is 4.97. The number of esters is 2. The molecule has 0 aromatic heterocycles. The Bertz CT molecular complexity index is 1280. The molecule has 1 heterocycles. The van der Waals surface area contributed by atoms with Crippen molar-refractivity contribution in [2.24, 2.45) is 5.92 Å². The van der Waals surface area contributed by atoms with Gasteiger partial charge in [-0.05, 0) is 105 Å². The van der Waals surface area contributed by atoms with Gasteiger partial charge in [0, 0.05) is 25.7 Å². The molecule has 0 atom stereocenters. The summed E-state index contributed by atoms with van der Waals surface area (Å²) in [7, 11) is 1.52. The lowest BCUT2D eigenvalue weighted by Gasteiger charge is -2.32. The largest absolute Gasteiger partial charge is 0.478 e. The molecule has 0 bridgehead atoms. The van der Waals surface area contributed by atoms with E-state index in [1.54, 1.807) is 46.4 Å². The standard InChI is InChI=1S/C34H50N2O10/c1-32(2,3)44-29(39)21-42-26-13-12-24(19-27(26)43-22-30(40)45-33(4,5)6)25(37)20-35(10)28(38)14-11-23-15-17-36(18-16-23)31(41)46-34(7,8)9/h11-14,19,23H,15-18,20-22H2,1-10H3. The molecule has 0 aliphatic carbocycles. The maximum Gasteiger partial charge on any atom is 0.410 e. The van der Waals surface area contributed by atoms with Gasteiger partial charge in [0.15, 0.2) is 30.5 Å². The smallest absolute Gasteiger partial charge is 0.410 e. The van der Waals surface area contributed by atoms with Crippen LogP contribution in [-0.4, -0.2) is 96.2 Å². The first-order valence-electron chi connectivity index (χ1n) is 15.4. The second kappa shape index (κ2) is 16.0. The number of hydrogen-bond acceptors (Lipinski definition) is 10. The molecule has 1 aromatic carbocycles. The van der Waals surface area contributed by atoms with Gasteiger partial charge in [0.2, 0.25) is 5.91 Å². The summed E-state index contributed by atoms with van der Waals surface area (Å²) < 4.78 is 27.2. The predicted molar refractivity (Wildman–Crippen MR) is 171 cm³/mol. The number of rotatable bonds is 11. The summed E-state index contributed by atoms with van der Waals surface area (Å²) in [5.74, 6) is -1.67. The quantitative estimate of drug-likeness (QED) is 0.140. The molecular formula is C34H50N2O10. The van der Waals surface area contributed by atoms with Crippen LogP contribution >= 0.6 is 0 Å². The number of hydrogen-bond donors (Lipinski definition) is 0. The lowest BCUT2D eigenvalue weighted by Crippen LogP contribution is -2.41. The number of benzene rings is 1. The van der Waals surface area contributed by atoms with E-state index in [-0.39, 0.29) is 47.3 Å². The Morgan fingerprint density at radius 2 is 1.28 bits per heavy atom. The zero-order valence-corrected chi connectivity index (χ0v) is 28.9. The van der Waals surface area contributed by atoms with Crippen LogP contribution in [-0.2, 0) is 28.6 Å². The summed E-state index contributed by atoms with van der Waals surface area (Å²) in [6.45, 7) is 15.8. The Hall–Kier alpha value is -4.09. The minimum atomic E-state index is -0.725. The highest BCUT2D eigenvalue weighted by Crippen LogP contribution is 2.29. The Morgan fingerprint density at radius 1 is 0.783 bits per heavy atom. The zero-order valence-electron chi connectivity index (χ0n) is 28.9. The molecule has 1 aromatic rings. The monoisotopic (exact) mass is 646 g/mol. The van der Waals surface area contributed by atoms with Crippen LogP contribution in [0.1, 0.15) is 85.5 Å². The van der Waals surface area contributed by atoms with Crippen LogP contribution in [0.2, 0.25) is 0 Å². The maximum absolute atomic E-state index is 13.1. The van der Waals surface area contributed by atoms with Crippen molar-refractivity contribution < 1.29 is 47.7 Å². The van der Waals surface area contributed by atoms with Crippen LogP contribution < -0.4 is 9.47 Å². The number of allylic oxidation sites excluding steroid dienone is 1. The summed E-state index contributed by atoms with van der Waals surface area (Å²) in [5, 5.41) is 0. The average Bonchev–Trinajstić information content (AvgIpc) is 2.91. The van der Waals surface area contributed by atoms with Crippen molar-refractivity contribution in [3.05, 3.63) is 35.9 Å². The van der Waals surface area contributed by atoms with Crippen LogP contribution in [0.4, 0.5) is 4.79 Å². The van der Waals surface area contributed by atoms with Crippen LogP contribution in [0.3, 0.4) is 0 Å². The van der Waals surface area contributed by atoms with Crippen molar-refractivity contribution in [2.75, 3.05) is 39.9 Å². The molecule has 0 unspecified atom stereocenters. The van der Waals surface area contributed by atoms with Gasteiger partial charge >= 0.3 is 18.0 Å². The maximum atomic E-state index is 13.1. The van der Waals surface area contributed by atoms with E-state index in [0.29, 0.717) is 25.9 Å². The number of nitrogens with zero attached hydrogens (tertiary/aromatic N) is 2. The molecule has 12 nitrogen and oxygen atoms in total. The minimum absolute atomic E-state index is 0.0480. The molecule has 256 valence electrons. The van der Waals surface area contributed by atoms with E-state index in [4.69, 9.17) is 23.7 Å². The van der Waals surface area contributed by atoms with E-state index in [1.165, 1.54) is 36.2 Å². The number of ketones is 1. The van der Waals surface area contributed by atoms with Crippen LogP contribution in [0.5, 0.6) is 11.5 Å². The van der Waals surface area contributed by atoms with Gasteiger partial charge in [-0.2, -0.15) is 0 Å². The van der Waals surface area contributed by atoms with Gasteiger partial charge in [0.05, 0.1) is 6.54 Å². The summed E-state index contributed by atoms with van der Waals surface area (Å²) in [4.78, 5) is 65.7. The van der Waals surface area contributed by atoms with Crippen LogP contribution in [0, 0.1) is 5.92 Å². The van der Waals surface area contributed by atoms with Crippen molar-refractivity contribution in [3.8, 4) is 11.5 Å². The summed E-state index contributed by atoms with van der Waals surface area (Å²) in [6, 6.07) is 4.33. The SMILES string of the molecule is CN(CC(=O)c1ccc(OCC(=O)OC(C)(C)C)c(OCC(=O)OC(C)(C)C)c1)C(=O)C=CC1CCN(C(=O)OC(C)(C)C)CC1. The van der Waals surface area contributed by atoms with Gasteiger partial charge in [-0.3, -0.25) is 9.59 Å². The van der Waals surface area contributed by atoms with Gasteiger partial charge in [-0.15, -0.1) is 0 Å². The minimum Gasteiger partial charge on any atom is -0.478 e. The van der Waals surface area contributed by atoms with Gasteiger partial charge in [0.1, 0.15) is 16.8 Å². The number of likely N-dealkylation sites (N-methyl/N-ethyl adjacent to an activating group) is 1. The molecule has 1 aliphatic rings. The second-order valence-electron chi connectivity index (χ2n) is 14.2. The Balaban J connectivity index is 2.04. The van der Waals surface area contributed by atoms with E-state index in [9.17, 15) is 24.0 Å². The molecule has 0 saturated carbocycles. The molecule has 0 radical (unpaired) electrons. The van der Waals surface area contributed by atoms with E-state index in [2.05, 4.69) is 0 Å². The topological polar surface area (TPSA) is 138 Å². The van der Waals surface area contributed by atoms with Gasteiger partial charge in [-0.1, -0.05) is 6.08 Å². The number of ether oxygens (including phenoxy) is 5. The van der Waals surface area contributed by atoms with E-state index < -0.39 is 42.0 Å². The molecule has 2 amide bonds. The van der Waals surface area contributed by atoms with Crippen molar-refractivity contribution in [2.45, 2.75) is 92.0 Å². The number of amides is 2. The van der Waals surface area contributed by atoms with Crippen LogP contribution in [0.15, 0.2) is 30.4 Å². The van der Waals surface area contributed by atoms with Crippen molar-refractivity contribution in [1.29, 1.82) is 0 Å². The first kappa shape index (κ1) is 38.1. The van der Waals surface area contributed by atoms with Crippen molar-refractivity contribution in [1.82, 2.24) is 9.80 Å². The van der Waals surface area contributed by atoms with Gasteiger partial charge in [-0.25, -0.2) is 14.4 Å². The molecule has 1 fully saturated rings. The zero-order chi connectivity index (χ0) is 34.9. The fourth-order valence-corrected chi connectivity index (χ4v) is 4.26. The Morgan fingerprint density at radius 3 is 1.78 bits per heavy atom. The fourth-order valence-electron chi connectivity index (χ4n) is 4.26. The third kappa shape index (κ3) is 14.3. The second-order valence-corrected chi connectivity index (χ2v) is 14.2. The third-order valence-corrected chi connectivity index (χ3v) is 6.26. The molecule has 1 aliphatic heterocycles. The van der Waals surface area contributed by atoms with Crippen molar-refractivity contribution >= 4 is 29.7 Å². The first-order chi connectivity index (χ1) is 21.1. The number of Topliss-reactive ketones (excluding diaryl/α,β-unsaturated/α-hetero) is 1. The van der Waals surface area contributed by atoms with Crippen LogP contribution in [0.25, 0.3) is 0 Å². The third-order valence-electron chi connectivity index (χ3n) is 6.26. The molecular weight excluding hydrogens is 596 g/mol. The summed E-state index contributed by atoms with van der Waals surface area (Å²) in [5.41, 5.74) is -1.78. The highest BCUT2D eigenvalue weighted by atomic mass is 16.6. The molecule has 0 N–H and O–H groups in total. The number of carbonyl (C=O) groups excluding carboxylic acids is 5. The lowest BCUT2D eigenvalue weighted by atomic mass is 9.96. The normalized spacial score (nSPS) is 14.4. The van der Waals surface area contributed by atoms with Gasteiger partial charge < -0.3 is 33.5 Å². The van der Waals surface area contributed by atoms with Gasteiger partial charge in [0.25, 0.3) is 0 Å². The average molecular weight is 647 g/mol.